The van der Waals surface area contributed by atoms with Crippen LogP contribution in [0.3, 0.4) is 0 Å². The summed E-state index contributed by atoms with van der Waals surface area (Å²) in [4.78, 5) is 27.7. The molecule has 28 heavy (non-hydrogen) atoms. The molecule has 1 aliphatic heterocycles. The molecule has 0 atom stereocenters. The molecule has 0 unspecified atom stereocenters. The first-order chi connectivity index (χ1) is 13.5. The third-order valence-corrected chi connectivity index (χ3v) is 5.13. The minimum Gasteiger partial charge on any atom is -0.328 e. The van der Waals surface area contributed by atoms with Gasteiger partial charge in [0.25, 0.3) is 5.91 Å². The summed E-state index contributed by atoms with van der Waals surface area (Å²) < 4.78 is 0. The maximum Gasteiger partial charge on any atom is 0.279 e. The van der Waals surface area contributed by atoms with Crippen LogP contribution in [-0.2, 0) is 9.59 Å². The number of carbonyl (C=O) groups excluding carboxylic acids is 2. The Morgan fingerprint density at radius 3 is 2.61 bits per heavy atom. The third kappa shape index (κ3) is 5.68. The van der Waals surface area contributed by atoms with Gasteiger partial charge in [-0.15, -0.1) is 0 Å². The van der Waals surface area contributed by atoms with Crippen molar-refractivity contribution in [2.24, 2.45) is 0 Å². The van der Waals surface area contributed by atoms with E-state index in [-0.39, 0.29) is 11.8 Å². The van der Waals surface area contributed by atoms with Crippen molar-refractivity contribution in [1.82, 2.24) is 4.90 Å². The largest absolute Gasteiger partial charge is 0.328 e. The summed E-state index contributed by atoms with van der Waals surface area (Å²) in [5, 5.41) is 3.38. The lowest BCUT2D eigenvalue weighted by Crippen LogP contribution is -3.15. The number of piperazine rings is 1. The third-order valence-electron chi connectivity index (χ3n) is 4.80. The zero-order valence-corrected chi connectivity index (χ0v) is 16.7. The lowest BCUT2D eigenvalue weighted by molar-refractivity contribution is -0.895. The molecule has 0 spiro atoms. The summed E-state index contributed by atoms with van der Waals surface area (Å²) in [5.41, 5.74) is 2.82. The van der Waals surface area contributed by atoms with E-state index in [0.717, 1.165) is 23.6 Å². The van der Waals surface area contributed by atoms with E-state index in [1.165, 1.54) is 5.56 Å². The lowest BCUT2D eigenvalue weighted by Gasteiger charge is -2.31. The average Bonchev–Trinajstić information content (AvgIpc) is 2.68. The number of para-hydroxylation sites is 1. The molecule has 5 nitrogen and oxygen atoms in total. The molecular formula is C22H25ClN3O2+. The number of carbonyl (C=O) groups is 2. The highest BCUT2D eigenvalue weighted by molar-refractivity contribution is 6.33. The number of hydrogen-bond acceptors (Lipinski definition) is 2. The highest BCUT2D eigenvalue weighted by Gasteiger charge is 2.24. The zero-order chi connectivity index (χ0) is 19.9. The van der Waals surface area contributed by atoms with Crippen molar-refractivity contribution in [2.75, 3.05) is 38.0 Å². The molecule has 6 heteroatoms. The van der Waals surface area contributed by atoms with Crippen molar-refractivity contribution in [3.05, 3.63) is 70.8 Å². The van der Waals surface area contributed by atoms with Gasteiger partial charge in [-0.1, -0.05) is 53.6 Å². The Hall–Kier alpha value is -2.63. The van der Waals surface area contributed by atoms with E-state index in [9.17, 15) is 9.59 Å². The predicted molar refractivity (Wildman–Crippen MR) is 112 cm³/mol. The van der Waals surface area contributed by atoms with Gasteiger partial charge in [-0.05, 0) is 30.7 Å². The van der Waals surface area contributed by atoms with E-state index in [2.05, 4.69) is 5.32 Å². The standard InChI is InChI=1S/C22H24ClN3O2/c1-17-5-4-6-18(15-17)9-10-22(28)26-13-11-25(12-14-26)16-21(27)24-20-8-3-2-7-19(20)23/h2-10,15H,11-14,16H2,1H3,(H,24,27)/p+1/b10-9+. The first-order valence-electron chi connectivity index (χ1n) is 9.43. The summed E-state index contributed by atoms with van der Waals surface area (Å²) in [7, 11) is 0. The van der Waals surface area contributed by atoms with Crippen LogP contribution in [0, 0.1) is 6.92 Å². The molecule has 2 N–H and O–H groups in total. The average molecular weight is 399 g/mol. The summed E-state index contributed by atoms with van der Waals surface area (Å²) >= 11 is 6.08. The van der Waals surface area contributed by atoms with Crippen molar-refractivity contribution in [2.45, 2.75) is 6.92 Å². The Balaban J connectivity index is 1.45. The van der Waals surface area contributed by atoms with Gasteiger partial charge in [0.05, 0.1) is 36.9 Å². The van der Waals surface area contributed by atoms with E-state index in [0.29, 0.717) is 30.3 Å². The van der Waals surface area contributed by atoms with Gasteiger partial charge in [0.1, 0.15) is 0 Å². The molecule has 0 bridgehead atoms. The number of hydrogen-bond donors (Lipinski definition) is 2. The van der Waals surface area contributed by atoms with Crippen LogP contribution in [0.5, 0.6) is 0 Å². The molecule has 0 aromatic heterocycles. The molecular weight excluding hydrogens is 374 g/mol. The second-order valence-electron chi connectivity index (χ2n) is 7.03. The Labute approximate surface area is 170 Å². The molecule has 146 valence electrons. The Kier molecular flexibility index (Phi) is 6.85. The van der Waals surface area contributed by atoms with Crippen LogP contribution < -0.4 is 10.2 Å². The predicted octanol–water partition coefficient (Wildman–Crippen LogP) is 2.03. The van der Waals surface area contributed by atoms with E-state index >= 15 is 0 Å². The van der Waals surface area contributed by atoms with Crippen molar-refractivity contribution in [1.29, 1.82) is 0 Å². The van der Waals surface area contributed by atoms with Crippen LogP contribution >= 0.6 is 11.6 Å². The molecule has 0 radical (unpaired) electrons. The van der Waals surface area contributed by atoms with E-state index in [4.69, 9.17) is 11.6 Å². The number of nitrogens with zero attached hydrogens (tertiary/aromatic N) is 1. The monoisotopic (exact) mass is 398 g/mol. The van der Waals surface area contributed by atoms with Gasteiger partial charge in [0.2, 0.25) is 5.91 Å². The van der Waals surface area contributed by atoms with Crippen LogP contribution in [0.25, 0.3) is 6.08 Å². The molecule has 1 fully saturated rings. The number of rotatable bonds is 5. The number of halogens is 1. The topological polar surface area (TPSA) is 53.9 Å². The molecule has 1 aliphatic rings. The van der Waals surface area contributed by atoms with Crippen LogP contribution in [0.15, 0.2) is 54.6 Å². The number of quaternary nitrogens is 1. The zero-order valence-electron chi connectivity index (χ0n) is 16.0. The van der Waals surface area contributed by atoms with Crippen molar-refractivity contribution in [3.63, 3.8) is 0 Å². The summed E-state index contributed by atoms with van der Waals surface area (Å²) in [6.07, 6.45) is 3.48. The molecule has 3 rings (SSSR count). The van der Waals surface area contributed by atoms with Crippen LogP contribution in [0.4, 0.5) is 5.69 Å². The summed E-state index contributed by atoms with van der Waals surface area (Å²) in [6.45, 7) is 5.19. The van der Waals surface area contributed by atoms with Gasteiger partial charge in [0, 0.05) is 6.08 Å². The maximum absolute atomic E-state index is 12.4. The van der Waals surface area contributed by atoms with Gasteiger partial charge in [0.15, 0.2) is 6.54 Å². The minimum atomic E-state index is -0.0674. The first-order valence-corrected chi connectivity index (χ1v) is 9.80. The number of aryl methyl sites for hydroxylation is 1. The second kappa shape index (κ2) is 9.53. The molecule has 0 aliphatic carbocycles. The fraction of sp³-hybridized carbons (Fsp3) is 0.273. The van der Waals surface area contributed by atoms with Gasteiger partial charge < -0.3 is 15.1 Å². The smallest absolute Gasteiger partial charge is 0.279 e. The van der Waals surface area contributed by atoms with Crippen LogP contribution in [0.2, 0.25) is 5.02 Å². The number of anilines is 1. The molecule has 1 saturated heterocycles. The first kappa shape index (κ1) is 20.1. The van der Waals surface area contributed by atoms with Crippen LogP contribution in [-0.4, -0.2) is 49.4 Å². The molecule has 2 amide bonds. The minimum absolute atomic E-state index is 0.0149. The Morgan fingerprint density at radius 2 is 1.89 bits per heavy atom. The summed E-state index contributed by atoms with van der Waals surface area (Å²) in [5.74, 6) is -0.0525. The Morgan fingerprint density at radius 1 is 1.14 bits per heavy atom. The van der Waals surface area contributed by atoms with Crippen molar-refractivity contribution in [3.8, 4) is 0 Å². The fourth-order valence-corrected chi connectivity index (χ4v) is 3.43. The van der Waals surface area contributed by atoms with E-state index in [1.807, 2.05) is 54.3 Å². The quantitative estimate of drug-likeness (QED) is 0.757. The maximum atomic E-state index is 12.4. The highest BCUT2D eigenvalue weighted by Crippen LogP contribution is 2.19. The fourth-order valence-electron chi connectivity index (χ4n) is 3.25. The lowest BCUT2D eigenvalue weighted by atomic mass is 10.1. The molecule has 0 saturated carbocycles. The number of benzene rings is 2. The van der Waals surface area contributed by atoms with Crippen LogP contribution in [0.1, 0.15) is 11.1 Å². The van der Waals surface area contributed by atoms with Gasteiger partial charge in [-0.2, -0.15) is 0 Å². The van der Waals surface area contributed by atoms with Crippen molar-refractivity contribution < 1.29 is 14.5 Å². The number of nitrogens with one attached hydrogen (secondary N) is 2. The molecule has 1 heterocycles. The van der Waals surface area contributed by atoms with Gasteiger partial charge in [-0.3, -0.25) is 9.59 Å². The normalized spacial score (nSPS) is 15.0. The SMILES string of the molecule is Cc1cccc(/C=C/C(=O)N2CC[NH+](CC(=O)Nc3ccccc3Cl)CC2)c1. The van der Waals surface area contributed by atoms with E-state index < -0.39 is 0 Å². The Bertz CT molecular complexity index is 874. The van der Waals surface area contributed by atoms with Gasteiger partial charge >= 0.3 is 0 Å². The second-order valence-corrected chi connectivity index (χ2v) is 7.43. The molecule has 2 aromatic rings. The van der Waals surface area contributed by atoms with E-state index in [1.54, 1.807) is 18.2 Å². The van der Waals surface area contributed by atoms with Crippen molar-refractivity contribution >= 4 is 35.2 Å². The molecule has 2 aromatic carbocycles. The number of amides is 2. The van der Waals surface area contributed by atoms with Gasteiger partial charge in [-0.25, -0.2) is 0 Å². The highest BCUT2D eigenvalue weighted by atomic mass is 35.5. The summed E-state index contributed by atoms with van der Waals surface area (Å²) in [6, 6.07) is 15.2.